The fourth-order valence-corrected chi connectivity index (χ4v) is 4.31. The van der Waals surface area contributed by atoms with E-state index in [4.69, 9.17) is 4.74 Å². The highest BCUT2D eigenvalue weighted by Gasteiger charge is 2.45. The monoisotopic (exact) mass is 332 g/mol. The molecule has 1 aromatic heterocycles. The van der Waals surface area contributed by atoms with E-state index in [1.807, 2.05) is 6.19 Å². The zero-order chi connectivity index (χ0) is 17.3. The van der Waals surface area contributed by atoms with E-state index in [1.54, 1.807) is 25.7 Å². The first-order valence-electron chi connectivity index (χ1n) is 8.65. The highest BCUT2D eigenvalue weighted by molar-refractivity contribution is 6.10. The van der Waals surface area contributed by atoms with Crippen LogP contribution in [0.15, 0.2) is 41.8 Å². The maximum Gasteiger partial charge on any atom is 0.205 e. The van der Waals surface area contributed by atoms with Crippen molar-refractivity contribution in [1.29, 1.82) is 5.26 Å². The second kappa shape index (κ2) is 6.38. The van der Waals surface area contributed by atoms with Crippen LogP contribution in [0, 0.1) is 16.9 Å². The van der Waals surface area contributed by atoms with Gasteiger partial charge in [-0.15, -0.1) is 0 Å². The molecule has 126 valence electrons. The largest absolute Gasteiger partial charge is 0.381 e. The standard InChI is InChI=1S/C20H20N4O/c1-25-16-4-6-20(7-5-16)11-15-3-2-14(18-12-22-8-9-23-18)10-17(15)19(20)24-13-21/h2-3,8-10,12,16H,4-7,11H2,1H3. The molecule has 0 unspecified atom stereocenters. The Hall–Kier alpha value is -2.58. The van der Waals surface area contributed by atoms with Gasteiger partial charge in [-0.1, -0.05) is 12.1 Å². The summed E-state index contributed by atoms with van der Waals surface area (Å²) in [5.74, 6) is 0. The van der Waals surface area contributed by atoms with Gasteiger partial charge < -0.3 is 4.74 Å². The molecule has 2 aromatic rings. The Kier molecular flexibility index (Phi) is 4.06. The molecular weight excluding hydrogens is 312 g/mol. The first kappa shape index (κ1) is 15.9. The van der Waals surface area contributed by atoms with Crippen LogP contribution in [0.3, 0.4) is 0 Å². The molecule has 0 bridgehead atoms. The fraction of sp³-hybridized carbons (Fsp3) is 0.400. The average Bonchev–Trinajstić information content (AvgIpc) is 2.96. The molecule has 25 heavy (non-hydrogen) atoms. The number of methoxy groups -OCH3 is 1. The first-order valence-corrected chi connectivity index (χ1v) is 8.65. The number of nitriles is 1. The predicted octanol–water partition coefficient (Wildman–Crippen LogP) is 3.55. The summed E-state index contributed by atoms with van der Waals surface area (Å²) in [4.78, 5) is 12.8. The molecule has 0 atom stereocenters. The van der Waals surface area contributed by atoms with Crippen LogP contribution in [0.25, 0.3) is 11.3 Å². The molecule has 1 heterocycles. The van der Waals surface area contributed by atoms with Gasteiger partial charge in [0.2, 0.25) is 6.19 Å². The number of aliphatic imine (C=N–C) groups is 1. The third-order valence-electron chi connectivity index (χ3n) is 5.64. The van der Waals surface area contributed by atoms with Crippen molar-refractivity contribution in [3.05, 3.63) is 47.9 Å². The van der Waals surface area contributed by atoms with E-state index in [0.29, 0.717) is 6.10 Å². The van der Waals surface area contributed by atoms with Crippen LogP contribution in [0.1, 0.15) is 36.8 Å². The van der Waals surface area contributed by atoms with E-state index >= 15 is 0 Å². The van der Waals surface area contributed by atoms with Crippen LogP contribution >= 0.6 is 0 Å². The number of hydrogen-bond acceptors (Lipinski definition) is 5. The van der Waals surface area contributed by atoms with Gasteiger partial charge in [0.05, 0.1) is 23.7 Å². The molecule has 1 spiro atoms. The van der Waals surface area contributed by atoms with Crippen LogP contribution in [0.5, 0.6) is 0 Å². The van der Waals surface area contributed by atoms with Crippen LogP contribution in [0.4, 0.5) is 0 Å². The van der Waals surface area contributed by atoms with E-state index in [0.717, 1.165) is 54.6 Å². The number of hydrogen-bond donors (Lipinski definition) is 0. The van der Waals surface area contributed by atoms with Gasteiger partial charge in [-0.25, -0.2) is 0 Å². The lowest BCUT2D eigenvalue weighted by molar-refractivity contribution is 0.0468. The molecule has 1 saturated carbocycles. The second-order valence-corrected chi connectivity index (χ2v) is 6.92. The third-order valence-corrected chi connectivity index (χ3v) is 5.64. The summed E-state index contributed by atoms with van der Waals surface area (Å²) in [6.45, 7) is 0. The number of nitrogens with zero attached hydrogens (tertiary/aromatic N) is 4. The Morgan fingerprint density at radius 3 is 2.80 bits per heavy atom. The van der Waals surface area contributed by atoms with Gasteiger partial charge in [0.1, 0.15) is 0 Å². The summed E-state index contributed by atoms with van der Waals surface area (Å²) >= 11 is 0. The zero-order valence-corrected chi connectivity index (χ0v) is 14.3. The Balaban J connectivity index is 1.74. The van der Waals surface area contributed by atoms with Crippen molar-refractivity contribution in [2.24, 2.45) is 10.4 Å². The topological polar surface area (TPSA) is 71.2 Å². The SMILES string of the molecule is COC1CCC2(CC1)Cc1ccc(-c3cnccn3)cc1C2=NC#N. The van der Waals surface area contributed by atoms with Gasteiger partial charge in [0, 0.05) is 36.0 Å². The van der Waals surface area contributed by atoms with E-state index in [9.17, 15) is 5.26 Å². The van der Waals surface area contributed by atoms with Gasteiger partial charge >= 0.3 is 0 Å². The zero-order valence-electron chi connectivity index (χ0n) is 14.3. The molecule has 5 heteroatoms. The van der Waals surface area contributed by atoms with Crippen molar-refractivity contribution in [3.8, 4) is 17.5 Å². The predicted molar refractivity (Wildman–Crippen MR) is 95.0 cm³/mol. The van der Waals surface area contributed by atoms with Crippen molar-refractivity contribution in [1.82, 2.24) is 9.97 Å². The maximum atomic E-state index is 9.27. The molecule has 0 radical (unpaired) electrons. The van der Waals surface area contributed by atoms with Gasteiger partial charge in [0.25, 0.3) is 0 Å². The molecule has 0 amide bonds. The summed E-state index contributed by atoms with van der Waals surface area (Å²) in [5.41, 5.74) is 5.16. The highest BCUT2D eigenvalue weighted by atomic mass is 16.5. The van der Waals surface area contributed by atoms with Crippen LogP contribution in [0.2, 0.25) is 0 Å². The molecule has 2 aliphatic rings. The Morgan fingerprint density at radius 1 is 1.28 bits per heavy atom. The van der Waals surface area contributed by atoms with E-state index < -0.39 is 0 Å². The van der Waals surface area contributed by atoms with Crippen LogP contribution in [-0.2, 0) is 11.2 Å². The van der Waals surface area contributed by atoms with Crippen molar-refractivity contribution >= 4 is 5.71 Å². The lowest BCUT2D eigenvalue weighted by atomic mass is 9.70. The summed E-state index contributed by atoms with van der Waals surface area (Å²) in [6.07, 6.45) is 12.5. The highest BCUT2D eigenvalue weighted by Crippen LogP contribution is 2.48. The molecule has 4 rings (SSSR count). The number of benzene rings is 1. The molecular formula is C20H20N4O. The Morgan fingerprint density at radius 2 is 2.12 bits per heavy atom. The molecule has 0 N–H and O–H groups in total. The van der Waals surface area contributed by atoms with Crippen molar-refractivity contribution in [2.75, 3.05) is 7.11 Å². The summed E-state index contributed by atoms with van der Waals surface area (Å²) < 4.78 is 5.52. The van der Waals surface area contributed by atoms with Crippen molar-refractivity contribution in [3.63, 3.8) is 0 Å². The van der Waals surface area contributed by atoms with Gasteiger partial charge in [-0.05, 0) is 43.7 Å². The van der Waals surface area contributed by atoms with E-state index in [-0.39, 0.29) is 5.41 Å². The minimum Gasteiger partial charge on any atom is -0.381 e. The number of fused-ring (bicyclic) bond motifs is 1. The minimum absolute atomic E-state index is 0.0198. The molecule has 0 aliphatic heterocycles. The second-order valence-electron chi connectivity index (χ2n) is 6.92. The molecule has 5 nitrogen and oxygen atoms in total. The summed E-state index contributed by atoms with van der Waals surface area (Å²) in [7, 11) is 1.78. The van der Waals surface area contributed by atoms with E-state index in [1.165, 1.54) is 5.56 Å². The smallest absolute Gasteiger partial charge is 0.205 e. The average molecular weight is 332 g/mol. The van der Waals surface area contributed by atoms with Gasteiger partial charge in [-0.3, -0.25) is 9.97 Å². The van der Waals surface area contributed by atoms with Crippen molar-refractivity contribution in [2.45, 2.75) is 38.2 Å². The quantitative estimate of drug-likeness (QED) is 0.789. The van der Waals surface area contributed by atoms with E-state index in [2.05, 4.69) is 33.2 Å². The Labute approximate surface area is 147 Å². The molecule has 1 fully saturated rings. The number of ether oxygens (including phenoxy) is 1. The first-order chi connectivity index (χ1) is 12.3. The van der Waals surface area contributed by atoms with Crippen molar-refractivity contribution < 1.29 is 4.74 Å². The maximum absolute atomic E-state index is 9.27. The Bertz CT molecular complexity index is 846. The third kappa shape index (κ3) is 2.73. The summed E-state index contributed by atoms with van der Waals surface area (Å²) in [6, 6.07) is 6.36. The molecule has 2 aliphatic carbocycles. The summed E-state index contributed by atoms with van der Waals surface area (Å²) in [5, 5.41) is 9.27. The number of rotatable bonds is 2. The van der Waals surface area contributed by atoms with Gasteiger partial charge in [0.15, 0.2) is 0 Å². The van der Waals surface area contributed by atoms with Crippen LogP contribution in [-0.4, -0.2) is 28.9 Å². The fourth-order valence-electron chi connectivity index (χ4n) is 4.31. The molecule has 1 aromatic carbocycles. The van der Waals surface area contributed by atoms with Gasteiger partial charge in [-0.2, -0.15) is 10.3 Å². The normalized spacial score (nSPS) is 26.6. The molecule has 0 saturated heterocycles. The van der Waals surface area contributed by atoms with Crippen LogP contribution < -0.4 is 0 Å². The lowest BCUT2D eigenvalue weighted by Crippen LogP contribution is -2.35. The minimum atomic E-state index is -0.0198. The lowest BCUT2D eigenvalue weighted by Gasteiger charge is -2.36. The number of aromatic nitrogens is 2.